The second-order valence-electron chi connectivity index (χ2n) is 6.35. The monoisotopic (exact) mass is 268 g/mol. The van der Waals surface area contributed by atoms with Crippen LogP contribution in [0.5, 0.6) is 0 Å². The molecule has 2 rings (SSSR count). The van der Waals surface area contributed by atoms with Crippen LogP contribution in [0.15, 0.2) is 12.3 Å². The van der Waals surface area contributed by atoms with Gasteiger partial charge in [0.05, 0.1) is 5.02 Å². The Labute approximate surface area is 110 Å². The molecular weight excluding hydrogens is 248 g/mol. The van der Waals surface area contributed by atoms with Crippen molar-refractivity contribution < 1.29 is 0 Å². The predicted molar refractivity (Wildman–Crippen MR) is 77.5 cm³/mol. The molecule has 0 saturated heterocycles. The van der Waals surface area contributed by atoms with Gasteiger partial charge in [-0.2, -0.15) is 0 Å². The summed E-state index contributed by atoms with van der Waals surface area (Å²) < 4.78 is 2.55. The van der Waals surface area contributed by atoms with E-state index in [4.69, 9.17) is 11.6 Å². The molecule has 0 unspecified atom stereocenters. The number of nitrogens with zero attached hydrogens (tertiary/aromatic N) is 2. The highest BCUT2D eigenvalue weighted by atomic mass is 35.5. The van der Waals surface area contributed by atoms with Gasteiger partial charge in [0, 0.05) is 12.7 Å². The van der Waals surface area contributed by atoms with E-state index in [9.17, 15) is 0 Å². The summed E-state index contributed by atoms with van der Waals surface area (Å²) in [4.78, 5) is 4.55. The van der Waals surface area contributed by atoms with Gasteiger partial charge in [0.15, 0.2) is 8.24 Å². The number of halogens is 1. The number of aromatic nitrogens is 1. The molecule has 0 amide bonds. The molecule has 2 nitrogen and oxygen atoms in total. The third-order valence-corrected chi connectivity index (χ3v) is 9.94. The molecule has 1 aromatic heterocycles. The van der Waals surface area contributed by atoms with Crippen molar-refractivity contribution in [3.8, 4) is 0 Å². The largest absolute Gasteiger partial charge is 0.382 e. The number of fused-ring (bicyclic) bond motifs is 1. The summed E-state index contributed by atoms with van der Waals surface area (Å²) in [5.74, 6) is 1.17. The van der Waals surface area contributed by atoms with E-state index >= 15 is 0 Å². The van der Waals surface area contributed by atoms with Crippen LogP contribution in [0.4, 0.5) is 5.82 Å². The molecule has 0 N–H and O–H groups in total. The molecular formula is C13H21ClN2Si. The van der Waals surface area contributed by atoms with Crippen LogP contribution in [0.25, 0.3) is 0 Å². The van der Waals surface area contributed by atoms with Gasteiger partial charge in [0.1, 0.15) is 5.82 Å². The number of hydrogen-bond donors (Lipinski definition) is 0. The average molecular weight is 269 g/mol. The highest BCUT2D eigenvalue weighted by Crippen LogP contribution is 2.43. The van der Waals surface area contributed by atoms with Gasteiger partial charge in [-0.1, -0.05) is 45.5 Å². The predicted octanol–water partition coefficient (Wildman–Crippen LogP) is 4.10. The quantitative estimate of drug-likeness (QED) is 0.713. The second kappa shape index (κ2) is 3.99. The Morgan fingerprint density at radius 3 is 2.59 bits per heavy atom. The first-order chi connectivity index (χ1) is 7.73. The van der Waals surface area contributed by atoms with E-state index in [2.05, 4.69) is 49.5 Å². The zero-order valence-electron chi connectivity index (χ0n) is 11.3. The molecule has 94 valence electrons. The Hall–Kier alpha value is -0.543. The lowest BCUT2D eigenvalue weighted by Gasteiger charge is -2.44. The van der Waals surface area contributed by atoms with Crippen LogP contribution in [-0.4, -0.2) is 19.8 Å². The van der Waals surface area contributed by atoms with Crippen LogP contribution in [0.2, 0.25) is 23.2 Å². The minimum Gasteiger partial charge on any atom is -0.382 e. The Morgan fingerprint density at radius 1 is 1.35 bits per heavy atom. The fourth-order valence-electron chi connectivity index (χ4n) is 2.19. The molecule has 4 heteroatoms. The van der Waals surface area contributed by atoms with Crippen molar-refractivity contribution in [3.05, 3.63) is 22.8 Å². The van der Waals surface area contributed by atoms with Crippen molar-refractivity contribution in [3.63, 3.8) is 0 Å². The minimum absolute atomic E-state index is 0.343. The molecule has 1 aliphatic heterocycles. The van der Waals surface area contributed by atoms with Crippen LogP contribution in [0.1, 0.15) is 26.3 Å². The fourth-order valence-corrected chi connectivity index (χ4v) is 4.58. The van der Waals surface area contributed by atoms with Gasteiger partial charge in [-0.25, -0.2) is 4.98 Å². The van der Waals surface area contributed by atoms with Gasteiger partial charge >= 0.3 is 0 Å². The normalized spacial score (nSPS) is 16.2. The average Bonchev–Trinajstić information content (AvgIpc) is 2.58. The maximum atomic E-state index is 6.01. The second-order valence-corrected chi connectivity index (χ2v) is 11.9. The summed E-state index contributed by atoms with van der Waals surface area (Å²) in [6.07, 6.45) is 2.85. The van der Waals surface area contributed by atoms with Gasteiger partial charge in [-0.3, -0.25) is 0 Å². The van der Waals surface area contributed by atoms with Gasteiger partial charge < -0.3 is 4.57 Å². The van der Waals surface area contributed by atoms with E-state index in [0.29, 0.717) is 5.04 Å². The van der Waals surface area contributed by atoms with E-state index in [1.807, 2.05) is 0 Å². The minimum atomic E-state index is -1.51. The van der Waals surface area contributed by atoms with E-state index in [1.165, 1.54) is 11.4 Å². The molecule has 0 atom stereocenters. The SMILES string of the molecule is CC(C)(C)[Si](C)(C)N1CCc2cc(Cl)cnc21. The summed E-state index contributed by atoms with van der Waals surface area (Å²) >= 11 is 6.01. The molecule has 0 bridgehead atoms. The van der Waals surface area contributed by atoms with E-state index < -0.39 is 8.24 Å². The van der Waals surface area contributed by atoms with Crippen LogP contribution < -0.4 is 4.57 Å². The summed E-state index contributed by atoms with van der Waals surface area (Å²) in [5, 5.41) is 1.09. The lowest BCUT2D eigenvalue weighted by atomic mass is 10.2. The highest BCUT2D eigenvalue weighted by Gasteiger charge is 2.44. The third kappa shape index (κ3) is 2.11. The number of anilines is 1. The molecule has 0 fully saturated rings. The van der Waals surface area contributed by atoms with Crippen LogP contribution in [0, 0.1) is 0 Å². The summed E-state index contributed by atoms with van der Waals surface area (Å²) in [5.41, 5.74) is 1.31. The van der Waals surface area contributed by atoms with E-state index in [-0.39, 0.29) is 0 Å². The van der Waals surface area contributed by atoms with Crippen molar-refractivity contribution in [1.82, 2.24) is 4.98 Å². The van der Waals surface area contributed by atoms with Crippen molar-refractivity contribution in [1.29, 1.82) is 0 Å². The van der Waals surface area contributed by atoms with Gasteiger partial charge in [0.25, 0.3) is 0 Å². The summed E-state index contributed by atoms with van der Waals surface area (Å²) in [6, 6.07) is 2.07. The van der Waals surface area contributed by atoms with Gasteiger partial charge in [0.2, 0.25) is 0 Å². The maximum absolute atomic E-state index is 6.01. The number of hydrogen-bond acceptors (Lipinski definition) is 2. The van der Waals surface area contributed by atoms with Crippen molar-refractivity contribution >= 4 is 25.7 Å². The zero-order valence-corrected chi connectivity index (χ0v) is 13.1. The van der Waals surface area contributed by atoms with Crippen molar-refractivity contribution in [2.75, 3.05) is 11.1 Å². The molecule has 1 aliphatic rings. The molecule has 1 aromatic rings. The lowest BCUT2D eigenvalue weighted by molar-refractivity contribution is 0.706. The molecule has 0 saturated carbocycles. The van der Waals surface area contributed by atoms with Crippen molar-refractivity contribution in [2.24, 2.45) is 0 Å². The number of pyridine rings is 1. The fraction of sp³-hybridized carbons (Fsp3) is 0.615. The van der Waals surface area contributed by atoms with Crippen LogP contribution >= 0.6 is 11.6 Å². The molecule has 0 spiro atoms. The first kappa shape index (κ1) is 12.9. The first-order valence-electron chi connectivity index (χ1n) is 6.15. The zero-order chi connectivity index (χ0) is 12.8. The Bertz CT molecular complexity index is 438. The lowest BCUT2D eigenvalue weighted by Crippen LogP contribution is -2.54. The number of rotatable bonds is 1. The van der Waals surface area contributed by atoms with Crippen LogP contribution in [-0.2, 0) is 6.42 Å². The summed E-state index contributed by atoms with van der Waals surface area (Å²) in [6.45, 7) is 13.0. The molecule has 0 radical (unpaired) electrons. The first-order valence-corrected chi connectivity index (χ1v) is 9.48. The molecule has 2 heterocycles. The molecule has 17 heavy (non-hydrogen) atoms. The van der Waals surface area contributed by atoms with Gasteiger partial charge in [-0.05, 0) is 23.1 Å². The Morgan fingerprint density at radius 2 is 2.00 bits per heavy atom. The standard InChI is InChI=1S/C13H21ClN2Si/c1-13(2,3)17(4,5)16-7-6-10-8-11(14)9-15-12(10)16/h8-9H,6-7H2,1-5H3. The maximum Gasteiger partial charge on any atom is 0.157 e. The van der Waals surface area contributed by atoms with Gasteiger partial charge in [-0.15, -0.1) is 0 Å². The van der Waals surface area contributed by atoms with E-state index in [0.717, 1.165) is 18.0 Å². The van der Waals surface area contributed by atoms with Crippen LogP contribution in [0.3, 0.4) is 0 Å². The Balaban J connectivity index is 2.41. The third-order valence-electron chi connectivity index (χ3n) is 4.28. The smallest absolute Gasteiger partial charge is 0.157 e. The summed E-state index contributed by atoms with van der Waals surface area (Å²) in [7, 11) is -1.51. The van der Waals surface area contributed by atoms with Crippen molar-refractivity contribution in [2.45, 2.75) is 45.3 Å². The molecule has 0 aromatic carbocycles. The highest BCUT2D eigenvalue weighted by molar-refractivity contribution is 6.83. The topological polar surface area (TPSA) is 16.1 Å². The molecule has 0 aliphatic carbocycles. The Kier molecular flexibility index (Phi) is 3.03. The van der Waals surface area contributed by atoms with E-state index in [1.54, 1.807) is 6.20 Å².